The predicted octanol–water partition coefficient (Wildman–Crippen LogP) is 3.17. The van der Waals surface area contributed by atoms with Gasteiger partial charge in [0, 0.05) is 24.9 Å². The van der Waals surface area contributed by atoms with Gasteiger partial charge in [0.2, 0.25) is 16.0 Å². The molecule has 3 aromatic rings. The summed E-state index contributed by atoms with van der Waals surface area (Å²) in [5, 5.41) is 7.65. The summed E-state index contributed by atoms with van der Waals surface area (Å²) < 4.78 is 48.2. The minimum Gasteiger partial charge on any atom is -0.494 e. The van der Waals surface area contributed by atoms with Gasteiger partial charge in [-0.1, -0.05) is 13.0 Å². The van der Waals surface area contributed by atoms with Crippen LogP contribution in [-0.2, 0) is 14.8 Å². The van der Waals surface area contributed by atoms with E-state index in [4.69, 9.17) is 14.2 Å². The number of benzene rings is 1. The van der Waals surface area contributed by atoms with Crippen molar-refractivity contribution in [3.05, 3.63) is 47.8 Å². The van der Waals surface area contributed by atoms with Crippen LogP contribution in [0.15, 0.2) is 30.6 Å². The first kappa shape index (κ1) is 24.9. The summed E-state index contributed by atoms with van der Waals surface area (Å²) in [7, 11) is -0.864. The first-order valence-corrected chi connectivity index (χ1v) is 12.9. The van der Waals surface area contributed by atoms with Crippen LogP contribution >= 0.6 is 0 Å². The quantitative estimate of drug-likeness (QED) is 0.469. The molecule has 0 unspecified atom stereocenters. The number of aryl methyl sites for hydroxylation is 1. The Morgan fingerprint density at radius 1 is 1.11 bits per heavy atom. The monoisotopic (exact) mass is 502 g/mol. The Labute approximate surface area is 204 Å². The fourth-order valence-electron chi connectivity index (χ4n) is 3.96. The van der Waals surface area contributed by atoms with E-state index >= 15 is 0 Å². The minimum absolute atomic E-state index is 0.0159. The van der Waals surface area contributed by atoms with Gasteiger partial charge in [-0.25, -0.2) is 18.4 Å². The highest BCUT2D eigenvalue weighted by Crippen LogP contribution is 2.39. The van der Waals surface area contributed by atoms with Crippen LogP contribution in [0.5, 0.6) is 11.5 Å². The maximum Gasteiger partial charge on any atom is 0.243 e. The summed E-state index contributed by atoms with van der Waals surface area (Å²) in [6.45, 7) is 5.86. The smallest absolute Gasteiger partial charge is 0.243 e. The van der Waals surface area contributed by atoms with Crippen LogP contribution in [-0.4, -0.2) is 59.2 Å². The summed E-state index contributed by atoms with van der Waals surface area (Å²) >= 11 is 0. The van der Waals surface area contributed by atoms with Crippen molar-refractivity contribution in [2.24, 2.45) is 0 Å². The van der Waals surface area contributed by atoms with E-state index in [1.807, 2.05) is 6.92 Å². The highest BCUT2D eigenvalue weighted by Gasteiger charge is 2.34. The van der Waals surface area contributed by atoms with Gasteiger partial charge in [0.25, 0.3) is 0 Å². The van der Waals surface area contributed by atoms with E-state index in [2.05, 4.69) is 24.9 Å². The number of hydrogen-bond acceptors (Lipinski definition) is 9. The zero-order valence-corrected chi connectivity index (χ0v) is 21.2. The molecular weight excluding hydrogens is 472 g/mol. The maximum absolute atomic E-state index is 13.5. The number of hydrogen-bond donors (Lipinski definition) is 1. The molecule has 2 aromatic heterocycles. The van der Waals surface area contributed by atoms with Gasteiger partial charge in [-0.05, 0) is 44.4 Å². The summed E-state index contributed by atoms with van der Waals surface area (Å²) in [5.74, 6) is 1.40. The largest absolute Gasteiger partial charge is 0.494 e. The van der Waals surface area contributed by atoms with E-state index in [0.717, 1.165) is 18.4 Å². The second-order valence-corrected chi connectivity index (χ2v) is 10.5. The Balaban J connectivity index is 1.76. The third-order valence-corrected chi connectivity index (χ3v) is 8.02. The van der Waals surface area contributed by atoms with Crippen molar-refractivity contribution in [3.8, 4) is 17.2 Å². The van der Waals surface area contributed by atoms with Crippen molar-refractivity contribution in [1.29, 1.82) is 0 Å². The molecule has 0 spiro atoms. The van der Waals surface area contributed by atoms with Crippen LogP contribution in [0, 0.1) is 6.92 Å². The fourth-order valence-corrected chi connectivity index (χ4v) is 5.19. The topological polar surface area (TPSA) is 130 Å². The number of rotatable bonds is 9. The van der Waals surface area contributed by atoms with Gasteiger partial charge in [-0.2, -0.15) is 0 Å². The zero-order valence-electron chi connectivity index (χ0n) is 20.4. The summed E-state index contributed by atoms with van der Waals surface area (Å²) in [6, 6.07) is 5.30. The van der Waals surface area contributed by atoms with Crippen molar-refractivity contribution < 1.29 is 22.6 Å². The first-order chi connectivity index (χ1) is 16.8. The normalized spacial score (nSPS) is 17.7. The molecule has 1 aliphatic heterocycles. The van der Waals surface area contributed by atoms with Gasteiger partial charge in [0.15, 0.2) is 5.82 Å². The molecule has 11 nitrogen and oxygen atoms in total. The van der Waals surface area contributed by atoms with Crippen LogP contribution in [0.2, 0.25) is 0 Å². The lowest BCUT2D eigenvalue weighted by Gasteiger charge is -2.22. The lowest BCUT2D eigenvalue weighted by molar-refractivity contribution is 0.103. The van der Waals surface area contributed by atoms with Gasteiger partial charge >= 0.3 is 0 Å². The summed E-state index contributed by atoms with van der Waals surface area (Å²) in [4.78, 5) is 8.60. The predicted molar refractivity (Wildman–Crippen MR) is 130 cm³/mol. The summed E-state index contributed by atoms with van der Waals surface area (Å²) in [6.07, 6.45) is 4.61. The van der Waals surface area contributed by atoms with Crippen molar-refractivity contribution in [2.75, 3.05) is 25.5 Å². The molecule has 0 amide bonds. The van der Waals surface area contributed by atoms with Crippen molar-refractivity contribution >= 4 is 16.0 Å². The van der Waals surface area contributed by atoms with E-state index < -0.39 is 21.2 Å². The molecule has 0 aliphatic carbocycles. The first-order valence-electron chi connectivity index (χ1n) is 11.3. The van der Waals surface area contributed by atoms with E-state index in [0.29, 0.717) is 35.4 Å². The second-order valence-electron chi connectivity index (χ2n) is 8.49. The van der Waals surface area contributed by atoms with E-state index in [9.17, 15) is 8.42 Å². The second kappa shape index (κ2) is 10.2. The number of nitrogens with one attached hydrogen (secondary N) is 1. The standard InChI is InChI=1S/C23H30N6O5S/c1-14-12-24-21(25-13-14)15(2)16(3)35(30,31)28-23-27-26-22(19-10-7-11-34-19)29(23)20-17(32-4)8-6-9-18(20)33-5/h6,8-9,12-13,15-16,19H,7,10-11H2,1-5H3,(H,27,28)/t15-,16-,19+/m0/s1. The van der Waals surface area contributed by atoms with Crippen LogP contribution in [0.25, 0.3) is 5.69 Å². The molecule has 1 N–H and O–H groups in total. The molecule has 1 saturated heterocycles. The van der Waals surface area contributed by atoms with Crippen molar-refractivity contribution in [2.45, 2.75) is 50.9 Å². The SMILES string of the molecule is COc1cccc(OC)c1-n1c(NS(=O)(=O)[C@@H](C)[C@H](C)c2ncc(C)cn2)nnc1[C@H]1CCCO1. The highest BCUT2D eigenvalue weighted by molar-refractivity contribution is 7.93. The third-order valence-electron chi connectivity index (χ3n) is 6.17. The molecule has 3 heterocycles. The van der Waals surface area contributed by atoms with Crippen LogP contribution in [0.1, 0.15) is 55.9 Å². The lowest BCUT2D eigenvalue weighted by atomic mass is 10.1. The van der Waals surface area contributed by atoms with Crippen LogP contribution in [0.4, 0.5) is 5.95 Å². The number of nitrogens with zero attached hydrogens (tertiary/aromatic N) is 5. The molecule has 1 aromatic carbocycles. The van der Waals surface area contributed by atoms with Crippen LogP contribution in [0.3, 0.4) is 0 Å². The Kier molecular flexibility index (Phi) is 7.22. The molecule has 0 radical (unpaired) electrons. The van der Waals surface area contributed by atoms with Gasteiger partial charge in [0.1, 0.15) is 29.1 Å². The fraction of sp³-hybridized carbons (Fsp3) is 0.478. The number of para-hydroxylation sites is 1. The molecule has 35 heavy (non-hydrogen) atoms. The Morgan fingerprint density at radius 3 is 2.34 bits per heavy atom. The minimum atomic E-state index is -3.93. The highest BCUT2D eigenvalue weighted by atomic mass is 32.2. The van der Waals surface area contributed by atoms with Crippen molar-refractivity contribution in [1.82, 2.24) is 24.7 Å². The lowest BCUT2D eigenvalue weighted by Crippen LogP contribution is -2.31. The molecule has 3 atom stereocenters. The van der Waals surface area contributed by atoms with E-state index in [-0.39, 0.29) is 12.1 Å². The number of anilines is 1. The zero-order chi connectivity index (χ0) is 25.2. The molecule has 12 heteroatoms. The number of methoxy groups -OCH3 is 2. The van der Waals surface area contributed by atoms with Crippen LogP contribution < -0.4 is 14.2 Å². The van der Waals surface area contributed by atoms with E-state index in [1.54, 1.807) is 49.0 Å². The Morgan fingerprint density at radius 2 is 1.77 bits per heavy atom. The number of ether oxygens (including phenoxy) is 3. The molecular formula is C23H30N6O5S. The molecule has 1 aliphatic rings. The molecule has 0 saturated carbocycles. The van der Waals surface area contributed by atoms with Gasteiger partial charge in [-0.3, -0.25) is 9.29 Å². The third kappa shape index (κ3) is 4.94. The average molecular weight is 503 g/mol. The summed E-state index contributed by atoms with van der Waals surface area (Å²) in [5.41, 5.74) is 1.38. The maximum atomic E-state index is 13.5. The average Bonchev–Trinajstić information content (AvgIpc) is 3.52. The molecule has 1 fully saturated rings. The molecule has 0 bridgehead atoms. The Bertz CT molecular complexity index is 1250. The number of aromatic nitrogens is 5. The van der Waals surface area contributed by atoms with Gasteiger partial charge < -0.3 is 14.2 Å². The van der Waals surface area contributed by atoms with E-state index in [1.165, 1.54) is 14.2 Å². The van der Waals surface area contributed by atoms with Gasteiger partial charge in [0.05, 0.1) is 19.5 Å². The van der Waals surface area contributed by atoms with Crippen molar-refractivity contribution in [3.63, 3.8) is 0 Å². The van der Waals surface area contributed by atoms with Gasteiger partial charge in [-0.15, -0.1) is 10.2 Å². The molecule has 188 valence electrons. The number of sulfonamides is 1. The Hall–Kier alpha value is -3.25. The molecule has 4 rings (SSSR count).